The van der Waals surface area contributed by atoms with Crippen LogP contribution < -0.4 is 10.1 Å². The van der Waals surface area contributed by atoms with Crippen LogP contribution in [0.4, 0.5) is 5.69 Å². The third kappa shape index (κ3) is 4.45. The third-order valence-electron chi connectivity index (χ3n) is 5.61. The number of aryl methyl sites for hydroxylation is 2. The lowest BCUT2D eigenvalue weighted by Crippen LogP contribution is -2.32. The number of anilines is 1. The molecular formula is C26H26N2O3. The van der Waals surface area contributed by atoms with Crippen molar-refractivity contribution in [1.29, 1.82) is 0 Å². The Labute approximate surface area is 182 Å². The Balaban J connectivity index is 1.61. The van der Waals surface area contributed by atoms with Gasteiger partial charge in [0.15, 0.2) is 0 Å². The fraction of sp³-hybridized carbons (Fsp3) is 0.231. The van der Waals surface area contributed by atoms with Gasteiger partial charge in [0.05, 0.1) is 19.6 Å². The van der Waals surface area contributed by atoms with Crippen molar-refractivity contribution in [3.8, 4) is 5.75 Å². The Hall–Kier alpha value is -3.60. The molecule has 2 amide bonds. The van der Waals surface area contributed by atoms with Gasteiger partial charge in [0.25, 0.3) is 5.91 Å². The summed E-state index contributed by atoms with van der Waals surface area (Å²) in [6.45, 7) is 4.49. The molecule has 1 N–H and O–H groups in total. The van der Waals surface area contributed by atoms with Gasteiger partial charge in [-0.3, -0.25) is 9.59 Å². The van der Waals surface area contributed by atoms with E-state index in [1.807, 2.05) is 74.5 Å². The number of rotatable bonds is 6. The Kier molecular flexibility index (Phi) is 5.76. The molecule has 3 aromatic carbocycles. The summed E-state index contributed by atoms with van der Waals surface area (Å²) in [7, 11) is 1.62. The minimum atomic E-state index is -0.378. The van der Waals surface area contributed by atoms with Gasteiger partial charge in [-0.2, -0.15) is 0 Å². The second-order valence-electron chi connectivity index (χ2n) is 8.01. The maximum Gasteiger partial charge on any atom is 0.255 e. The quantitative estimate of drug-likeness (QED) is 0.615. The predicted molar refractivity (Wildman–Crippen MR) is 121 cm³/mol. The number of fused-ring (bicyclic) bond motifs is 1. The molecule has 1 atom stereocenters. The topological polar surface area (TPSA) is 58.6 Å². The number of ether oxygens (including phenoxy) is 1. The van der Waals surface area contributed by atoms with E-state index in [2.05, 4.69) is 11.4 Å². The van der Waals surface area contributed by atoms with Gasteiger partial charge in [-0.1, -0.05) is 36.4 Å². The zero-order chi connectivity index (χ0) is 22.0. The van der Waals surface area contributed by atoms with Gasteiger partial charge in [-0.25, -0.2) is 0 Å². The second kappa shape index (κ2) is 8.64. The van der Waals surface area contributed by atoms with Crippen LogP contribution in [0.15, 0.2) is 66.7 Å². The van der Waals surface area contributed by atoms with Crippen LogP contribution in [0.5, 0.6) is 5.75 Å². The molecule has 0 fully saturated rings. The molecule has 0 unspecified atom stereocenters. The van der Waals surface area contributed by atoms with Gasteiger partial charge in [0.1, 0.15) is 5.75 Å². The summed E-state index contributed by atoms with van der Waals surface area (Å²) in [5.74, 6) is 0.559. The molecule has 0 saturated carbocycles. The van der Waals surface area contributed by atoms with Gasteiger partial charge >= 0.3 is 0 Å². The minimum absolute atomic E-state index is 0.0457. The molecule has 0 aromatic heterocycles. The summed E-state index contributed by atoms with van der Waals surface area (Å²) < 4.78 is 5.27. The first kappa shape index (κ1) is 20.7. The van der Waals surface area contributed by atoms with E-state index in [4.69, 9.17) is 4.74 Å². The molecule has 0 saturated heterocycles. The lowest BCUT2D eigenvalue weighted by atomic mass is 10.0. The van der Waals surface area contributed by atoms with Crippen LogP contribution >= 0.6 is 0 Å². The number of nitrogens with one attached hydrogen (secondary N) is 1. The van der Waals surface area contributed by atoms with E-state index in [1.165, 1.54) is 0 Å². The van der Waals surface area contributed by atoms with Crippen molar-refractivity contribution in [2.45, 2.75) is 32.9 Å². The highest BCUT2D eigenvalue weighted by molar-refractivity contribution is 5.99. The number of hydrogen-bond donors (Lipinski definition) is 1. The highest BCUT2D eigenvalue weighted by Gasteiger charge is 2.34. The molecule has 0 spiro atoms. The summed E-state index contributed by atoms with van der Waals surface area (Å²) in [6.07, 6.45) is 0.166. The number of benzene rings is 3. The van der Waals surface area contributed by atoms with Crippen LogP contribution in [0.2, 0.25) is 0 Å². The monoisotopic (exact) mass is 414 g/mol. The Bertz CT molecular complexity index is 1100. The van der Waals surface area contributed by atoms with Crippen molar-refractivity contribution in [2.75, 3.05) is 12.4 Å². The van der Waals surface area contributed by atoms with Gasteiger partial charge in [-0.05, 0) is 66.4 Å². The van der Waals surface area contributed by atoms with Crippen molar-refractivity contribution in [2.24, 2.45) is 0 Å². The zero-order valence-electron chi connectivity index (χ0n) is 18.0. The fourth-order valence-electron chi connectivity index (χ4n) is 4.20. The van der Waals surface area contributed by atoms with E-state index in [1.54, 1.807) is 12.0 Å². The van der Waals surface area contributed by atoms with Gasteiger partial charge in [-0.15, -0.1) is 0 Å². The smallest absolute Gasteiger partial charge is 0.255 e. The predicted octanol–water partition coefficient (Wildman–Crippen LogP) is 5.04. The molecule has 0 radical (unpaired) electrons. The van der Waals surface area contributed by atoms with Gasteiger partial charge < -0.3 is 15.0 Å². The number of amides is 2. The highest BCUT2D eigenvalue weighted by Crippen LogP contribution is 2.34. The molecular weight excluding hydrogens is 388 g/mol. The molecule has 1 aliphatic heterocycles. The van der Waals surface area contributed by atoms with Crippen LogP contribution in [0.3, 0.4) is 0 Å². The number of carbonyl (C=O) groups excluding carboxylic acids is 2. The lowest BCUT2D eigenvalue weighted by Gasteiger charge is -2.28. The molecule has 5 heteroatoms. The minimum Gasteiger partial charge on any atom is -0.497 e. The van der Waals surface area contributed by atoms with Gasteiger partial charge in [0, 0.05) is 17.8 Å². The number of nitrogens with zero attached hydrogens (tertiary/aromatic N) is 1. The van der Waals surface area contributed by atoms with E-state index >= 15 is 0 Å². The molecule has 3 aromatic rings. The normalized spacial score (nSPS) is 13.6. The van der Waals surface area contributed by atoms with Crippen LogP contribution in [-0.2, 0) is 11.3 Å². The first-order valence-electron chi connectivity index (χ1n) is 10.4. The molecule has 4 rings (SSSR count). The molecule has 1 heterocycles. The largest absolute Gasteiger partial charge is 0.497 e. The van der Waals surface area contributed by atoms with Crippen LogP contribution in [-0.4, -0.2) is 23.8 Å². The van der Waals surface area contributed by atoms with Crippen molar-refractivity contribution in [1.82, 2.24) is 4.90 Å². The van der Waals surface area contributed by atoms with E-state index < -0.39 is 0 Å². The average Bonchev–Trinajstić information content (AvgIpc) is 3.08. The number of carbonyl (C=O) groups is 2. The summed E-state index contributed by atoms with van der Waals surface area (Å²) >= 11 is 0. The van der Waals surface area contributed by atoms with Crippen molar-refractivity contribution in [3.05, 3.63) is 94.5 Å². The molecule has 0 bridgehead atoms. The van der Waals surface area contributed by atoms with Crippen LogP contribution in [0, 0.1) is 13.8 Å². The Morgan fingerprint density at radius 2 is 1.71 bits per heavy atom. The first-order chi connectivity index (χ1) is 14.9. The number of hydrogen-bond acceptors (Lipinski definition) is 3. The van der Waals surface area contributed by atoms with Crippen LogP contribution in [0.25, 0.3) is 0 Å². The third-order valence-corrected chi connectivity index (χ3v) is 5.61. The molecule has 0 aliphatic carbocycles. The van der Waals surface area contributed by atoms with E-state index in [0.29, 0.717) is 12.1 Å². The van der Waals surface area contributed by atoms with Crippen molar-refractivity contribution >= 4 is 17.5 Å². The molecule has 5 nitrogen and oxygen atoms in total. The van der Waals surface area contributed by atoms with E-state index in [9.17, 15) is 9.59 Å². The lowest BCUT2D eigenvalue weighted by molar-refractivity contribution is -0.117. The SMILES string of the molecule is COc1ccc([C@@H](CC(=O)Nc2cc(C)cc(C)c2)N2Cc3ccccc3C2=O)cc1. The van der Waals surface area contributed by atoms with E-state index in [0.717, 1.165) is 33.7 Å². The highest BCUT2D eigenvalue weighted by atomic mass is 16.5. The fourth-order valence-corrected chi connectivity index (χ4v) is 4.20. The maximum absolute atomic E-state index is 13.1. The average molecular weight is 415 g/mol. The zero-order valence-corrected chi connectivity index (χ0v) is 18.0. The molecule has 31 heavy (non-hydrogen) atoms. The summed E-state index contributed by atoms with van der Waals surface area (Å²) in [5.41, 5.74) is 5.54. The Morgan fingerprint density at radius 1 is 1.03 bits per heavy atom. The number of methoxy groups -OCH3 is 1. The first-order valence-corrected chi connectivity index (χ1v) is 10.4. The summed E-state index contributed by atoms with van der Waals surface area (Å²) in [5, 5.41) is 3.00. The second-order valence-corrected chi connectivity index (χ2v) is 8.01. The Morgan fingerprint density at radius 3 is 2.35 bits per heavy atom. The summed E-state index contributed by atoms with van der Waals surface area (Å²) in [6, 6.07) is 20.8. The van der Waals surface area contributed by atoms with Gasteiger partial charge in [0.2, 0.25) is 5.91 Å². The maximum atomic E-state index is 13.1. The van der Waals surface area contributed by atoms with E-state index in [-0.39, 0.29) is 24.3 Å². The summed E-state index contributed by atoms with van der Waals surface area (Å²) in [4.78, 5) is 27.9. The molecule has 1 aliphatic rings. The molecule has 158 valence electrons. The van der Waals surface area contributed by atoms with Crippen molar-refractivity contribution < 1.29 is 14.3 Å². The standard InChI is InChI=1S/C26H26N2O3/c1-17-12-18(2)14-21(13-17)27-25(29)15-24(19-8-10-22(31-3)11-9-19)28-16-20-6-4-5-7-23(20)26(28)30/h4-14,24H,15-16H2,1-3H3,(H,27,29)/t24-/m1/s1. The van der Waals surface area contributed by atoms with Crippen molar-refractivity contribution in [3.63, 3.8) is 0 Å². The van der Waals surface area contributed by atoms with Crippen LogP contribution in [0.1, 0.15) is 45.1 Å².